The number of hydrogen-bond donors (Lipinski definition) is 1. The zero-order chi connectivity index (χ0) is 14.6. The van der Waals surface area contributed by atoms with Gasteiger partial charge in [0, 0.05) is 13.2 Å². The SMILES string of the molecule is CCCCC(CC)COCCCCCCS(=O)(=O)O. The summed E-state index contributed by atoms with van der Waals surface area (Å²) in [4.78, 5) is 0. The summed E-state index contributed by atoms with van der Waals surface area (Å²) < 4.78 is 35.2. The fourth-order valence-corrected chi connectivity index (χ4v) is 2.56. The van der Waals surface area contributed by atoms with E-state index in [9.17, 15) is 8.42 Å². The highest BCUT2D eigenvalue weighted by Gasteiger charge is 2.06. The third-order valence-electron chi connectivity index (χ3n) is 3.34. The second kappa shape index (κ2) is 11.7. The minimum atomic E-state index is -3.78. The van der Waals surface area contributed by atoms with Gasteiger partial charge < -0.3 is 4.74 Å². The third-order valence-corrected chi connectivity index (χ3v) is 4.14. The summed E-state index contributed by atoms with van der Waals surface area (Å²) in [5.74, 6) is 0.558. The van der Waals surface area contributed by atoms with Crippen molar-refractivity contribution in [2.45, 2.75) is 65.2 Å². The molecule has 0 saturated heterocycles. The summed E-state index contributed by atoms with van der Waals surface area (Å²) in [5, 5.41) is 0. The zero-order valence-corrected chi connectivity index (χ0v) is 13.3. The molecule has 1 unspecified atom stereocenters. The first-order chi connectivity index (χ1) is 8.99. The zero-order valence-electron chi connectivity index (χ0n) is 12.4. The van der Waals surface area contributed by atoms with Crippen molar-refractivity contribution >= 4 is 10.1 Å². The molecule has 0 aliphatic rings. The predicted molar refractivity (Wildman–Crippen MR) is 79.0 cm³/mol. The van der Waals surface area contributed by atoms with E-state index in [1.165, 1.54) is 25.7 Å². The standard InChI is InChI=1S/C14H30O4S/c1-3-5-10-14(4-2)13-18-11-8-6-7-9-12-19(15,16)17/h14H,3-13H2,1-2H3,(H,15,16,17). The molecule has 0 aromatic rings. The molecule has 19 heavy (non-hydrogen) atoms. The molecule has 5 heteroatoms. The van der Waals surface area contributed by atoms with Gasteiger partial charge in [-0.2, -0.15) is 8.42 Å². The van der Waals surface area contributed by atoms with Gasteiger partial charge in [0.15, 0.2) is 0 Å². The third kappa shape index (κ3) is 14.1. The fraction of sp³-hybridized carbons (Fsp3) is 1.00. The maximum atomic E-state index is 10.5. The molecule has 0 bridgehead atoms. The molecule has 0 fully saturated rings. The van der Waals surface area contributed by atoms with Crippen molar-refractivity contribution in [1.82, 2.24) is 0 Å². The molecule has 0 rings (SSSR count). The van der Waals surface area contributed by atoms with Crippen LogP contribution in [-0.4, -0.2) is 31.9 Å². The Bertz CT molecular complexity index is 288. The second-order valence-electron chi connectivity index (χ2n) is 5.19. The Morgan fingerprint density at radius 2 is 1.74 bits per heavy atom. The molecule has 116 valence electrons. The van der Waals surface area contributed by atoms with Gasteiger partial charge in [-0.05, 0) is 25.2 Å². The van der Waals surface area contributed by atoms with Crippen LogP contribution in [0.25, 0.3) is 0 Å². The molecular weight excluding hydrogens is 264 g/mol. The van der Waals surface area contributed by atoms with Gasteiger partial charge in [0.25, 0.3) is 10.1 Å². The maximum Gasteiger partial charge on any atom is 0.264 e. The largest absolute Gasteiger partial charge is 0.381 e. The quantitative estimate of drug-likeness (QED) is 0.416. The van der Waals surface area contributed by atoms with Crippen LogP contribution >= 0.6 is 0 Å². The van der Waals surface area contributed by atoms with Gasteiger partial charge in [-0.25, -0.2) is 0 Å². The molecule has 0 aliphatic heterocycles. The van der Waals surface area contributed by atoms with Crippen LogP contribution in [0.2, 0.25) is 0 Å². The van der Waals surface area contributed by atoms with Crippen LogP contribution in [-0.2, 0) is 14.9 Å². The maximum absolute atomic E-state index is 10.5. The van der Waals surface area contributed by atoms with E-state index in [4.69, 9.17) is 9.29 Å². The van der Waals surface area contributed by atoms with E-state index in [0.29, 0.717) is 12.3 Å². The highest BCUT2D eigenvalue weighted by molar-refractivity contribution is 7.85. The summed E-state index contributed by atoms with van der Waals surface area (Å²) in [6.07, 6.45) is 8.23. The van der Waals surface area contributed by atoms with Crippen LogP contribution in [0.5, 0.6) is 0 Å². The van der Waals surface area contributed by atoms with Gasteiger partial charge in [0.1, 0.15) is 0 Å². The molecule has 0 amide bonds. The summed E-state index contributed by atoms with van der Waals surface area (Å²) in [6, 6.07) is 0. The first-order valence-electron chi connectivity index (χ1n) is 7.52. The van der Waals surface area contributed by atoms with Crippen LogP contribution in [0.15, 0.2) is 0 Å². The van der Waals surface area contributed by atoms with Crippen molar-refractivity contribution in [1.29, 1.82) is 0 Å². The Kier molecular flexibility index (Phi) is 11.6. The lowest BCUT2D eigenvalue weighted by Crippen LogP contribution is -2.09. The summed E-state index contributed by atoms with van der Waals surface area (Å²) in [5.41, 5.74) is 0. The molecule has 0 aromatic carbocycles. The number of ether oxygens (including phenoxy) is 1. The normalized spacial score (nSPS) is 13.6. The van der Waals surface area contributed by atoms with Crippen LogP contribution in [0.4, 0.5) is 0 Å². The van der Waals surface area contributed by atoms with Gasteiger partial charge in [0.05, 0.1) is 5.75 Å². The van der Waals surface area contributed by atoms with Gasteiger partial charge in [-0.3, -0.25) is 4.55 Å². The van der Waals surface area contributed by atoms with E-state index in [1.807, 2.05) is 0 Å². The molecule has 1 atom stereocenters. The van der Waals surface area contributed by atoms with Crippen molar-refractivity contribution in [2.75, 3.05) is 19.0 Å². The minimum Gasteiger partial charge on any atom is -0.381 e. The molecule has 0 spiro atoms. The molecule has 0 heterocycles. The average molecular weight is 294 g/mol. The summed E-state index contributed by atoms with van der Waals surface area (Å²) in [6.45, 7) is 6.02. The Labute approximate surface area is 118 Å². The van der Waals surface area contributed by atoms with E-state index in [2.05, 4.69) is 13.8 Å². The Hall–Kier alpha value is -0.130. The Balaban J connectivity index is 3.34. The van der Waals surface area contributed by atoms with E-state index in [-0.39, 0.29) is 5.75 Å². The van der Waals surface area contributed by atoms with Crippen LogP contribution < -0.4 is 0 Å². The molecule has 0 aliphatic carbocycles. The molecular formula is C14H30O4S. The average Bonchev–Trinajstić information content (AvgIpc) is 2.35. The second-order valence-corrected chi connectivity index (χ2v) is 6.76. The van der Waals surface area contributed by atoms with Gasteiger partial charge in [-0.1, -0.05) is 46.0 Å². The van der Waals surface area contributed by atoms with Gasteiger partial charge >= 0.3 is 0 Å². The molecule has 0 radical (unpaired) electrons. The van der Waals surface area contributed by atoms with Crippen molar-refractivity contribution in [3.05, 3.63) is 0 Å². The minimum absolute atomic E-state index is 0.122. The first-order valence-corrected chi connectivity index (χ1v) is 9.13. The lowest BCUT2D eigenvalue weighted by Gasteiger charge is -2.14. The van der Waals surface area contributed by atoms with Crippen molar-refractivity contribution in [2.24, 2.45) is 5.92 Å². The lowest BCUT2D eigenvalue weighted by atomic mass is 10.0. The number of unbranched alkanes of at least 4 members (excludes halogenated alkanes) is 4. The Morgan fingerprint density at radius 3 is 2.32 bits per heavy atom. The van der Waals surface area contributed by atoms with Crippen molar-refractivity contribution < 1.29 is 17.7 Å². The van der Waals surface area contributed by atoms with Crippen molar-refractivity contribution in [3.8, 4) is 0 Å². The molecule has 1 N–H and O–H groups in total. The first kappa shape index (κ1) is 18.9. The summed E-state index contributed by atoms with van der Waals surface area (Å²) >= 11 is 0. The molecule has 0 aromatic heterocycles. The van der Waals surface area contributed by atoms with E-state index in [1.54, 1.807) is 0 Å². The van der Waals surface area contributed by atoms with E-state index < -0.39 is 10.1 Å². The highest BCUT2D eigenvalue weighted by atomic mass is 32.2. The van der Waals surface area contributed by atoms with Crippen LogP contribution in [0, 0.1) is 5.92 Å². The van der Waals surface area contributed by atoms with Gasteiger partial charge in [-0.15, -0.1) is 0 Å². The summed E-state index contributed by atoms with van der Waals surface area (Å²) in [7, 11) is -3.78. The van der Waals surface area contributed by atoms with Crippen LogP contribution in [0.1, 0.15) is 65.2 Å². The smallest absolute Gasteiger partial charge is 0.264 e. The Morgan fingerprint density at radius 1 is 1.05 bits per heavy atom. The monoisotopic (exact) mass is 294 g/mol. The molecule has 4 nitrogen and oxygen atoms in total. The van der Waals surface area contributed by atoms with E-state index in [0.717, 1.165) is 32.5 Å². The number of rotatable bonds is 13. The van der Waals surface area contributed by atoms with Crippen LogP contribution in [0.3, 0.4) is 0 Å². The highest BCUT2D eigenvalue weighted by Crippen LogP contribution is 2.13. The topological polar surface area (TPSA) is 63.6 Å². The fourth-order valence-electron chi connectivity index (χ4n) is 1.99. The lowest BCUT2D eigenvalue weighted by molar-refractivity contribution is 0.0909. The van der Waals surface area contributed by atoms with Gasteiger partial charge in [0.2, 0.25) is 0 Å². The number of hydrogen-bond acceptors (Lipinski definition) is 3. The molecule has 0 saturated carbocycles. The predicted octanol–water partition coefficient (Wildman–Crippen LogP) is 3.67. The van der Waals surface area contributed by atoms with Crippen molar-refractivity contribution in [3.63, 3.8) is 0 Å². The van der Waals surface area contributed by atoms with E-state index >= 15 is 0 Å².